The Kier molecular flexibility index (Phi) is 8.42. The maximum atomic E-state index is 11.6. The zero-order chi connectivity index (χ0) is 18.0. The molecule has 148 valence electrons. The Morgan fingerprint density at radius 2 is 2.08 bits per heavy atom. The van der Waals surface area contributed by atoms with Crippen molar-refractivity contribution in [3.63, 3.8) is 0 Å². The predicted molar refractivity (Wildman–Crippen MR) is 112 cm³/mol. The van der Waals surface area contributed by atoms with Gasteiger partial charge < -0.3 is 15.4 Å². The number of guanidine groups is 1. The van der Waals surface area contributed by atoms with E-state index in [0.717, 1.165) is 25.3 Å². The fourth-order valence-corrected chi connectivity index (χ4v) is 4.40. The van der Waals surface area contributed by atoms with Crippen LogP contribution in [0.4, 0.5) is 0 Å². The van der Waals surface area contributed by atoms with Gasteiger partial charge in [0.1, 0.15) is 0 Å². The second-order valence-corrected chi connectivity index (χ2v) is 9.46. The van der Waals surface area contributed by atoms with Gasteiger partial charge in [-0.25, -0.2) is 12.7 Å². The van der Waals surface area contributed by atoms with Gasteiger partial charge >= 0.3 is 0 Å². The molecule has 3 unspecified atom stereocenters. The van der Waals surface area contributed by atoms with E-state index in [0.29, 0.717) is 25.7 Å². The second kappa shape index (κ2) is 9.18. The van der Waals surface area contributed by atoms with Gasteiger partial charge in [-0.1, -0.05) is 13.8 Å². The third-order valence-electron chi connectivity index (χ3n) is 5.34. The molecule has 1 aliphatic carbocycles. The Balaban J connectivity index is 0.00000312. The lowest BCUT2D eigenvalue weighted by atomic mass is 9.64. The van der Waals surface area contributed by atoms with E-state index in [1.165, 1.54) is 6.26 Å². The smallest absolute Gasteiger partial charge is 0.211 e. The molecular formula is C16H33IN4O3S. The van der Waals surface area contributed by atoms with Crippen LogP contribution in [0.2, 0.25) is 0 Å². The average Bonchev–Trinajstić information content (AvgIpc) is 2.97. The topological polar surface area (TPSA) is 83.0 Å². The number of sulfonamides is 1. The van der Waals surface area contributed by atoms with E-state index >= 15 is 0 Å². The van der Waals surface area contributed by atoms with E-state index in [1.54, 1.807) is 11.4 Å². The number of hydrogen-bond acceptors (Lipinski definition) is 4. The van der Waals surface area contributed by atoms with Crippen molar-refractivity contribution in [1.82, 2.24) is 14.9 Å². The molecule has 2 rings (SSSR count). The van der Waals surface area contributed by atoms with E-state index < -0.39 is 10.0 Å². The molecule has 1 saturated heterocycles. The third kappa shape index (κ3) is 5.67. The van der Waals surface area contributed by atoms with Gasteiger partial charge in [0, 0.05) is 44.7 Å². The maximum Gasteiger partial charge on any atom is 0.211 e. The van der Waals surface area contributed by atoms with Crippen molar-refractivity contribution in [3.8, 4) is 0 Å². The van der Waals surface area contributed by atoms with E-state index in [-0.39, 0.29) is 41.4 Å². The van der Waals surface area contributed by atoms with Crippen LogP contribution in [0.1, 0.15) is 33.6 Å². The Labute approximate surface area is 169 Å². The van der Waals surface area contributed by atoms with Crippen molar-refractivity contribution < 1.29 is 13.2 Å². The lowest BCUT2D eigenvalue weighted by Crippen LogP contribution is -2.63. The first-order valence-electron chi connectivity index (χ1n) is 8.71. The van der Waals surface area contributed by atoms with Crippen LogP contribution in [0.5, 0.6) is 0 Å². The highest BCUT2D eigenvalue weighted by molar-refractivity contribution is 14.0. The fraction of sp³-hybridized carbons (Fsp3) is 0.938. The minimum atomic E-state index is -3.08. The second-order valence-electron chi connectivity index (χ2n) is 7.47. The van der Waals surface area contributed by atoms with Crippen LogP contribution in [0.3, 0.4) is 0 Å². The van der Waals surface area contributed by atoms with E-state index in [4.69, 9.17) is 4.74 Å². The van der Waals surface area contributed by atoms with Crippen molar-refractivity contribution in [2.75, 3.05) is 39.5 Å². The molecule has 7 nitrogen and oxygen atoms in total. The molecule has 0 bridgehead atoms. The largest absolute Gasteiger partial charge is 0.381 e. The molecule has 1 heterocycles. The van der Waals surface area contributed by atoms with Gasteiger partial charge in [-0.05, 0) is 25.7 Å². The molecule has 2 N–H and O–H groups in total. The SMILES string of the molecule is CCNC(=NCC1CCN(S(C)(=O)=O)C1)NC1CC(OC)C1(C)C.I. The Morgan fingerprint density at radius 3 is 2.56 bits per heavy atom. The van der Waals surface area contributed by atoms with Crippen LogP contribution < -0.4 is 10.6 Å². The molecule has 3 atom stereocenters. The van der Waals surface area contributed by atoms with E-state index in [1.807, 2.05) is 6.92 Å². The van der Waals surface area contributed by atoms with Gasteiger partial charge in [0.05, 0.1) is 12.4 Å². The molecule has 0 spiro atoms. The highest BCUT2D eigenvalue weighted by Crippen LogP contribution is 2.42. The van der Waals surface area contributed by atoms with Crippen LogP contribution in [0, 0.1) is 11.3 Å². The molecule has 0 aromatic heterocycles. The molecule has 2 fully saturated rings. The minimum Gasteiger partial charge on any atom is -0.381 e. The van der Waals surface area contributed by atoms with Gasteiger partial charge in [0.2, 0.25) is 10.0 Å². The van der Waals surface area contributed by atoms with Gasteiger partial charge in [-0.2, -0.15) is 0 Å². The highest BCUT2D eigenvalue weighted by Gasteiger charge is 2.48. The summed E-state index contributed by atoms with van der Waals surface area (Å²) in [6, 6.07) is 0.330. The Morgan fingerprint density at radius 1 is 1.40 bits per heavy atom. The number of ether oxygens (including phenoxy) is 1. The van der Waals surface area contributed by atoms with Crippen molar-refractivity contribution in [3.05, 3.63) is 0 Å². The van der Waals surface area contributed by atoms with Crippen LogP contribution in [-0.4, -0.2) is 70.4 Å². The van der Waals surface area contributed by atoms with Gasteiger partial charge in [0.25, 0.3) is 0 Å². The first-order chi connectivity index (χ1) is 11.2. The number of nitrogens with one attached hydrogen (secondary N) is 2. The molecule has 25 heavy (non-hydrogen) atoms. The zero-order valence-corrected chi connectivity index (χ0v) is 19.1. The molecule has 0 aromatic rings. The third-order valence-corrected chi connectivity index (χ3v) is 6.61. The molecule has 1 saturated carbocycles. The summed E-state index contributed by atoms with van der Waals surface area (Å²) in [4.78, 5) is 4.68. The molecule has 1 aliphatic heterocycles. The summed E-state index contributed by atoms with van der Waals surface area (Å²) in [5.41, 5.74) is 0.0748. The number of methoxy groups -OCH3 is 1. The molecule has 0 amide bonds. The molecule has 2 aliphatic rings. The maximum absolute atomic E-state index is 11.6. The average molecular weight is 488 g/mol. The summed E-state index contributed by atoms with van der Waals surface area (Å²) in [5, 5.41) is 6.79. The minimum absolute atomic E-state index is 0. The summed E-state index contributed by atoms with van der Waals surface area (Å²) in [5.74, 6) is 1.10. The van der Waals surface area contributed by atoms with Crippen molar-refractivity contribution >= 4 is 40.0 Å². The Bertz CT molecular complexity index is 568. The number of nitrogens with zero attached hydrogens (tertiary/aromatic N) is 2. The molecule has 9 heteroatoms. The van der Waals surface area contributed by atoms with Crippen molar-refractivity contribution in [1.29, 1.82) is 0 Å². The Hall–Kier alpha value is -0.130. The van der Waals surface area contributed by atoms with Crippen molar-refractivity contribution in [2.45, 2.75) is 45.8 Å². The summed E-state index contributed by atoms with van der Waals surface area (Å²) >= 11 is 0. The fourth-order valence-electron chi connectivity index (χ4n) is 3.48. The number of hydrogen-bond donors (Lipinski definition) is 2. The van der Waals surface area contributed by atoms with Gasteiger partial charge in [-0.15, -0.1) is 24.0 Å². The number of aliphatic imine (C=N–C) groups is 1. The summed E-state index contributed by atoms with van der Waals surface area (Å²) in [6.07, 6.45) is 3.39. The molecule has 0 aromatic carbocycles. The lowest BCUT2D eigenvalue weighted by Gasteiger charge is -2.51. The normalized spacial score (nSPS) is 29.6. The first kappa shape index (κ1) is 22.9. The van der Waals surface area contributed by atoms with Crippen LogP contribution in [-0.2, 0) is 14.8 Å². The van der Waals surface area contributed by atoms with E-state index in [9.17, 15) is 8.42 Å². The van der Waals surface area contributed by atoms with Crippen molar-refractivity contribution in [2.24, 2.45) is 16.3 Å². The van der Waals surface area contributed by atoms with Crippen LogP contribution in [0.25, 0.3) is 0 Å². The highest BCUT2D eigenvalue weighted by atomic mass is 127. The number of halogens is 1. The quantitative estimate of drug-likeness (QED) is 0.334. The molecule has 0 radical (unpaired) electrons. The predicted octanol–water partition coefficient (Wildman–Crippen LogP) is 1.25. The summed E-state index contributed by atoms with van der Waals surface area (Å²) in [6.45, 7) is 9.06. The lowest BCUT2D eigenvalue weighted by molar-refractivity contribution is -0.0922. The monoisotopic (exact) mass is 488 g/mol. The first-order valence-corrected chi connectivity index (χ1v) is 10.6. The van der Waals surface area contributed by atoms with Gasteiger partial charge in [0.15, 0.2) is 5.96 Å². The standard InChI is InChI=1S/C16H32N4O3S.HI/c1-6-17-15(19-13-9-14(23-4)16(13,2)3)18-10-12-7-8-20(11-12)24(5,21)22;/h12-14H,6-11H2,1-5H3,(H2,17,18,19);1H. The van der Waals surface area contributed by atoms with Crippen LogP contribution in [0.15, 0.2) is 4.99 Å². The van der Waals surface area contributed by atoms with Crippen LogP contribution >= 0.6 is 24.0 Å². The zero-order valence-electron chi connectivity index (χ0n) is 15.9. The summed E-state index contributed by atoms with van der Waals surface area (Å²) in [7, 11) is -1.32. The van der Waals surface area contributed by atoms with Gasteiger partial charge in [-0.3, -0.25) is 4.99 Å². The molecular weight excluding hydrogens is 455 g/mol. The van der Waals surface area contributed by atoms with E-state index in [2.05, 4.69) is 29.5 Å². The summed E-state index contributed by atoms with van der Waals surface area (Å²) < 4.78 is 30.2. The number of rotatable bonds is 6.